The Balaban J connectivity index is 3.18. The van der Waals surface area contributed by atoms with E-state index in [-0.39, 0.29) is 0 Å². The number of hydrogen-bond acceptors (Lipinski definition) is 3. The van der Waals surface area contributed by atoms with Gasteiger partial charge in [-0.2, -0.15) is 0 Å². The average Bonchev–Trinajstić information content (AvgIpc) is 2.17. The lowest BCUT2D eigenvalue weighted by Crippen LogP contribution is -2.04. The van der Waals surface area contributed by atoms with Crippen molar-refractivity contribution in [2.45, 2.75) is 0 Å². The first kappa shape index (κ1) is 10.2. The fraction of sp³-hybridized carbons (Fsp3) is 0.111. The van der Waals surface area contributed by atoms with Crippen molar-refractivity contribution in [1.82, 2.24) is 0 Å². The van der Waals surface area contributed by atoms with Gasteiger partial charge in [0, 0.05) is 9.13 Å². The van der Waals surface area contributed by atoms with Gasteiger partial charge in [-0.3, -0.25) is 4.79 Å². The van der Waals surface area contributed by atoms with Crippen molar-refractivity contribution in [3.63, 3.8) is 0 Å². The summed E-state index contributed by atoms with van der Waals surface area (Å²) in [5.41, 5.74) is 0.897. The molecule has 0 radical (unpaired) electrons. The summed E-state index contributed by atoms with van der Waals surface area (Å²) < 4.78 is 5.33. The first-order valence-electron chi connectivity index (χ1n) is 3.52. The molecule has 4 heteroatoms. The fourth-order valence-electron chi connectivity index (χ4n) is 0.883. The zero-order chi connectivity index (χ0) is 9.84. The zero-order valence-corrected chi connectivity index (χ0v) is 9.07. The Morgan fingerprint density at radius 1 is 1.54 bits per heavy atom. The summed E-state index contributed by atoms with van der Waals surface area (Å²) >= 11 is 2.02. The summed E-state index contributed by atoms with van der Waals surface area (Å²) in [6.45, 7) is 0. The van der Waals surface area contributed by atoms with Crippen LogP contribution in [0.3, 0.4) is 0 Å². The topological polar surface area (TPSA) is 43.4 Å². The number of rotatable bonds is 2. The molecule has 0 amide bonds. The van der Waals surface area contributed by atoms with Crippen LogP contribution in [0.2, 0.25) is 0 Å². The molecule has 0 unspecified atom stereocenters. The molecule has 13 heavy (non-hydrogen) atoms. The maximum Gasteiger partial charge on any atom is 0.338 e. The van der Waals surface area contributed by atoms with E-state index < -0.39 is 5.97 Å². The first-order valence-corrected chi connectivity index (χ1v) is 4.60. The number of halogens is 1. The van der Waals surface area contributed by atoms with Crippen LogP contribution < -0.4 is 0 Å². The number of aldehydes is 1. The van der Waals surface area contributed by atoms with E-state index in [1.807, 2.05) is 22.6 Å². The van der Waals surface area contributed by atoms with E-state index in [1.54, 1.807) is 12.1 Å². The molecule has 0 spiro atoms. The standard InChI is InChI=1S/C9H7IO3/c1-13-9(12)7-4-6(5-11)2-3-8(7)10/h2-5H,1H3. The van der Waals surface area contributed by atoms with E-state index >= 15 is 0 Å². The molecule has 68 valence electrons. The van der Waals surface area contributed by atoms with Gasteiger partial charge in [-0.15, -0.1) is 0 Å². The van der Waals surface area contributed by atoms with Crippen LogP contribution in [0.1, 0.15) is 20.7 Å². The third-order valence-corrected chi connectivity index (χ3v) is 2.47. The van der Waals surface area contributed by atoms with Gasteiger partial charge in [0.25, 0.3) is 0 Å². The normalized spacial score (nSPS) is 9.38. The summed E-state index contributed by atoms with van der Waals surface area (Å²) in [5.74, 6) is -0.423. The second kappa shape index (κ2) is 4.36. The molecule has 1 aromatic rings. The molecule has 0 saturated heterocycles. The first-order chi connectivity index (χ1) is 6.19. The van der Waals surface area contributed by atoms with Crippen LogP contribution in [0.25, 0.3) is 0 Å². The molecule has 0 fully saturated rings. The Labute approximate surface area is 89.2 Å². The monoisotopic (exact) mass is 290 g/mol. The third-order valence-electron chi connectivity index (χ3n) is 1.53. The molecule has 0 aliphatic heterocycles. The molecular formula is C9H7IO3. The van der Waals surface area contributed by atoms with Crippen molar-refractivity contribution >= 4 is 34.8 Å². The summed E-state index contributed by atoms with van der Waals surface area (Å²) in [6, 6.07) is 4.87. The van der Waals surface area contributed by atoms with Gasteiger partial charge in [0.05, 0.1) is 12.7 Å². The molecule has 0 N–H and O–H groups in total. The van der Waals surface area contributed by atoms with E-state index in [0.29, 0.717) is 17.4 Å². The summed E-state index contributed by atoms with van der Waals surface area (Å²) in [4.78, 5) is 21.6. The fourth-order valence-corrected chi connectivity index (χ4v) is 1.44. The average molecular weight is 290 g/mol. The van der Waals surface area contributed by atoms with Gasteiger partial charge in [-0.25, -0.2) is 4.79 Å². The van der Waals surface area contributed by atoms with Crippen LogP contribution in [0.5, 0.6) is 0 Å². The lowest BCUT2D eigenvalue weighted by Gasteiger charge is -2.02. The molecule has 0 atom stereocenters. The lowest BCUT2D eigenvalue weighted by atomic mass is 10.1. The SMILES string of the molecule is COC(=O)c1cc(C=O)ccc1I. The molecule has 0 aliphatic carbocycles. The van der Waals surface area contributed by atoms with E-state index in [2.05, 4.69) is 4.74 Å². The van der Waals surface area contributed by atoms with E-state index in [4.69, 9.17) is 0 Å². The van der Waals surface area contributed by atoms with Crippen LogP contribution in [0.15, 0.2) is 18.2 Å². The number of methoxy groups -OCH3 is 1. The van der Waals surface area contributed by atoms with Crippen molar-refractivity contribution in [2.75, 3.05) is 7.11 Å². The molecule has 0 saturated carbocycles. The second-order valence-corrected chi connectivity index (χ2v) is 3.51. The van der Waals surface area contributed by atoms with Crippen molar-refractivity contribution in [2.24, 2.45) is 0 Å². The Bertz CT molecular complexity index is 347. The quantitative estimate of drug-likeness (QED) is 0.474. The highest BCUT2D eigenvalue weighted by molar-refractivity contribution is 14.1. The van der Waals surface area contributed by atoms with Crippen LogP contribution in [0.4, 0.5) is 0 Å². The Kier molecular flexibility index (Phi) is 3.41. The van der Waals surface area contributed by atoms with Crippen molar-refractivity contribution < 1.29 is 14.3 Å². The smallest absolute Gasteiger partial charge is 0.338 e. The number of ether oxygens (including phenoxy) is 1. The predicted molar refractivity (Wildman–Crippen MR) is 55.9 cm³/mol. The largest absolute Gasteiger partial charge is 0.465 e. The van der Waals surface area contributed by atoms with Crippen LogP contribution in [-0.2, 0) is 4.74 Å². The van der Waals surface area contributed by atoms with Crippen molar-refractivity contribution in [3.05, 3.63) is 32.9 Å². The minimum Gasteiger partial charge on any atom is -0.465 e. The maximum absolute atomic E-state index is 11.2. The van der Waals surface area contributed by atoms with Crippen molar-refractivity contribution in [1.29, 1.82) is 0 Å². The van der Waals surface area contributed by atoms with Gasteiger partial charge in [-0.1, -0.05) is 6.07 Å². The third kappa shape index (κ3) is 2.27. The molecule has 0 heterocycles. The highest BCUT2D eigenvalue weighted by Gasteiger charge is 2.10. The van der Waals surface area contributed by atoms with Gasteiger partial charge < -0.3 is 4.74 Å². The number of hydrogen-bond donors (Lipinski definition) is 0. The summed E-state index contributed by atoms with van der Waals surface area (Å²) in [7, 11) is 1.31. The van der Waals surface area contributed by atoms with E-state index in [0.717, 1.165) is 3.57 Å². The Morgan fingerprint density at radius 3 is 2.77 bits per heavy atom. The highest BCUT2D eigenvalue weighted by atomic mass is 127. The second-order valence-electron chi connectivity index (χ2n) is 2.35. The minimum absolute atomic E-state index is 0.423. The van der Waals surface area contributed by atoms with Gasteiger partial charge in [0.2, 0.25) is 0 Å². The molecule has 1 rings (SSSR count). The maximum atomic E-state index is 11.2. The highest BCUT2D eigenvalue weighted by Crippen LogP contribution is 2.14. The molecule has 0 bridgehead atoms. The van der Waals surface area contributed by atoms with Crippen LogP contribution >= 0.6 is 22.6 Å². The summed E-state index contributed by atoms with van der Waals surface area (Å²) in [5, 5.41) is 0. The molecule has 1 aromatic carbocycles. The Hall–Kier alpha value is -0.910. The predicted octanol–water partition coefficient (Wildman–Crippen LogP) is 1.89. The number of benzene rings is 1. The lowest BCUT2D eigenvalue weighted by molar-refractivity contribution is 0.0599. The van der Waals surface area contributed by atoms with Crippen LogP contribution in [0, 0.1) is 3.57 Å². The minimum atomic E-state index is -0.423. The number of carbonyl (C=O) groups excluding carboxylic acids is 2. The van der Waals surface area contributed by atoms with Crippen molar-refractivity contribution in [3.8, 4) is 0 Å². The van der Waals surface area contributed by atoms with Gasteiger partial charge in [0.1, 0.15) is 6.29 Å². The van der Waals surface area contributed by atoms with E-state index in [9.17, 15) is 9.59 Å². The molecule has 0 aliphatic rings. The molecule has 0 aromatic heterocycles. The number of esters is 1. The summed E-state index contributed by atoms with van der Waals surface area (Å²) in [6.07, 6.45) is 0.697. The van der Waals surface area contributed by atoms with Gasteiger partial charge >= 0.3 is 5.97 Å². The number of carbonyl (C=O) groups is 2. The molecule has 3 nitrogen and oxygen atoms in total. The zero-order valence-electron chi connectivity index (χ0n) is 6.91. The van der Waals surface area contributed by atoms with Crippen LogP contribution in [-0.4, -0.2) is 19.4 Å². The van der Waals surface area contributed by atoms with Gasteiger partial charge in [-0.05, 0) is 34.7 Å². The van der Waals surface area contributed by atoms with Gasteiger partial charge in [0.15, 0.2) is 0 Å². The van der Waals surface area contributed by atoms with E-state index in [1.165, 1.54) is 13.2 Å². The Morgan fingerprint density at radius 2 is 2.23 bits per heavy atom. The molecular weight excluding hydrogens is 283 g/mol.